The van der Waals surface area contributed by atoms with Crippen LogP contribution in [-0.4, -0.2) is 21.7 Å². The number of nitro groups is 1. The van der Waals surface area contributed by atoms with Gasteiger partial charge in [0, 0.05) is 32.3 Å². The molecule has 0 radical (unpaired) electrons. The molecule has 0 aromatic heterocycles. The molecule has 3 aromatic carbocycles. The van der Waals surface area contributed by atoms with Gasteiger partial charge in [0.25, 0.3) is 17.4 Å². The first-order chi connectivity index (χ1) is 15.3. The molecular formula is C23H14Br2N2O5. The number of anilines is 1. The van der Waals surface area contributed by atoms with Crippen molar-refractivity contribution in [2.45, 2.75) is 6.04 Å². The Bertz CT molecular complexity index is 1250. The monoisotopic (exact) mass is 556 g/mol. The molecule has 1 amide bonds. The molecule has 4 rings (SSSR count). The summed E-state index contributed by atoms with van der Waals surface area (Å²) in [6.45, 7) is 0. The molecule has 1 N–H and O–H groups in total. The van der Waals surface area contributed by atoms with E-state index in [0.717, 1.165) is 8.95 Å². The number of aliphatic hydroxyl groups is 1. The van der Waals surface area contributed by atoms with Gasteiger partial charge in [-0.15, -0.1) is 0 Å². The first-order valence-electron chi connectivity index (χ1n) is 9.35. The van der Waals surface area contributed by atoms with E-state index in [9.17, 15) is 24.8 Å². The molecule has 1 atom stereocenters. The number of rotatable bonds is 4. The topological polar surface area (TPSA) is 101 Å². The highest BCUT2D eigenvalue weighted by molar-refractivity contribution is 9.10. The van der Waals surface area contributed by atoms with E-state index in [-0.39, 0.29) is 16.8 Å². The second kappa shape index (κ2) is 8.68. The lowest BCUT2D eigenvalue weighted by Crippen LogP contribution is -2.29. The summed E-state index contributed by atoms with van der Waals surface area (Å²) in [7, 11) is 0. The Labute approximate surface area is 199 Å². The van der Waals surface area contributed by atoms with Crippen LogP contribution >= 0.6 is 31.9 Å². The second-order valence-electron chi connectivity index (χ2n) is 7.00. The van der Waals surface area contributed by atoms with Gasteiger partial charge in [-0.25, -0.2) is 0 Å². The molecule has 0 saturated carbocycles. The fourth-order valence-electron chi connectivity index (χ4n) is 3.56. The van der Waals surface area contributed by atoms with Crippen molar-refractivity contribution in [3.05, 3.63) is 109 Å². The lowest BCUT2D eigenvalue weighted by molar-refractivity contribution is -0.384. The van der Waals surface area contributed by atoms with Gasteiger partial charge in [-0.1, -0.05) is 44.0 Å². The van der Waals surface area contributed by atoms with Crippen LogP contribution in [0.1, 0.15) is 17.2 Å². The number of hydrogen-bond donors (Lipinski definition) is 1. The van der Waals surface area contributed by atoms with E-state index in [1.54, 1.807) is 48.5 Å². The van der Waals surface area contributed by atoms with E-state index in [0.29, 0.717) is 11.3 Å². The molecule has 1 heterocycles. The minimum absolute atomic E-state index is 0.0888. The first kappa shape index (κ1) is 21.9. The fourth-order valence-corrected chi connectivity index (χ4v) is 4.09. The van der Waals surface area contributed by atoms with E-state index in [1.165, 1.54) is 29.2 Å². The molecule has 1 aliphatic rings. The summed E-state index contributed by atoms with van der Waals surface area (Å²) in [6, 6.07) is 18.3. The van der Waals surface area contributed by atoms with Crippen molar-refractivity contribution < 1.29 is 19.6 Å². The fraction of sp³-hybridized carbons (Fsp3) is 0.0435. The number of Topliss-reactive ketones (excluding diaryl/α,β-unsaturated/α-hetero) is 1. The predicted molar refractivity (Wildman–Crippen MR) is 126 cm³/mol. The van der Waals surface area contributed by atoms with Gasteiger partial charge < -0.3 is 5.11 Å². The quantitative estimate of drug-likeness (QED) is 0.145. The summed E-state index contributed by atoms with van der Waals surface area (Å²) in [4.78, 5) is 37.8. The zero-order valence-electron chi connectivity index (χ0n) is 16.2. The summed E-state index contributed by atoms with van der Waals surface area (Å²) in [5, 5.41) is 22.0. The van der Waals surface area contributed by atoms with Crippen molar-refractivity contribution in [2.24, 2.45) is 0 Å². The Morgan fingerprint density at radius 3 is 1.94 bits per heavy atom. The predicted octanol–water partition coefficient (Wildman–Crippen LogP) is 5.75. The third-order valence-electron chi connectivity index (χ3n) is 5.09. The zero-order chi connectivity index (χ0) is 23.0. The number of amides is 1. The van der Waals surface area contributed by atoms with Crippen LogP contribution in [0.5, 0.6) is 0 Å². The number of carbonyl (C=O) groups excluding carboxylic acids is 2. The highest BCUT2D eigenvalue weighted by Gasteiger charge is 2.46. The van der Waals surface area contributed by atoms with Crippen LogP contribution in [0.4, 0.5) is 11.4 Å². The van der Waals surface area contributed by atoms with Crippen molar-refractivity contribution >= 4 is 60.7 Å². The molecule has 160 valence electrons. The number of halogens is 2. The minimum Gasteiger partial charge on any atom is -0.507 e. The normalized spacial score (nSPS) is 17.6. The maximum absolute atomic E-state index is 13.1. The molecule has 3 aromatic rings. The second-order valence-corrected chi connectivity index (χ2v) is 8.83. The molecule has 0 unspecified atom stereocenters. The minimum atomic E-state index is -0.875. The molecule has 1 aliphatic heterocycles. The molecule has 7 nitrogen and oxygen atoms in total. The van der Waals surface area contributed by atoms with Crippen LogP contribution in [-0.2, 0) is 9.59 Å². The maximum Gasteiger partial charge on any atom is 0.300 e. The smallest absolute Gasteiger partial charge is 0.300 e. The van der Waals surface area contributed by atoms with Crippen molar-refractivity contribution in [1.82, 2.24) is 0 Å². The lowest BCUT2D eigenvalue weighted by Gasteiger charge is -2.25. The summed E-state index contributed by atoms with van der Waals surface area (Å²) >= 11 is 6.73. The van der Waals surface area contributed by atoms with Crippen molar-refractivity contribution in [1.29, 1.82) is 0 Å². The van der Waals surface area contributed by atoms with Crippen LogP contribution in [0.25, 0.3) is 5.76 Å². The number of hydrogen-bond acceptors (Lipinski definition) is 5. The molecule has 9 heteroatoms. The zero-order valence-corrected chi connectivity index (χ0v) is 19.4. The van der Waals surface area contributed by atoms with Crippen LogP contribution in [0.3, 0.4) is 0 Å². The molecular weight excluding hydrogens is 544 g/mol. The van der Waals surface area contributed by atoms with Crippen molar-refractivity contribution in [3.63, 3.8) is 0 Å². The average molecular weight is 558 g/mol. The van der Waals surface area contributed by atoms with Crippen molar-refractivity contribution in [3.8, 4) is 0 Å². The van der Waals surface area contributed by atoms with Gasteiger partial charge in [-0.2, -0.15) is 0 Å². The van der Waals surface area contributed by atoms with Crippen LogP contribution in [0.2, 0.25) is 0 Å². The number of ketones is 1. The highest BCUT2D eigenvalue weighted by Crippen LogP contribution is 2.42. The third-order valence-corrected chi connectivity index (χ3v) is 6.14. The molecule has 0 spiro atoms. The van der Waals surface area contributed by atoms with Crippen LogP contribution < -0.4 is 4.90 Å². The van der Waals surface area contributed by atoms with Crippen molar-refractivity contribution in [2.75, 3.05) is 4.90 Å². The number of nitro benzene ring substituents is 1. The Morgan fingerprint density at radius 2 is 1.41 bits per heavy atom. The van der Waals surface area contributed by atoms with E-state index in [1.807, 2.05) is 0 Å². The summed E-state index contributed by atoms with van der Waals surface area (Å²) in [5.74, 6) is -2.01. The van der Waals surface area contributed by atoms with E-state index in [4.69, 9.17) is 0 Å². The molecule has 32 heavy (non-hydrogen) atoms. The Kier molecular flexibility index (Phi) is 5.94. The van der Waals surface area contributed by atoms with E-state index >= 15 is 0 Å². The van der Waals surface area contributed by atoms with Gasteiger partial charge in [0.15, 0.2) is 0 Å². The van der Waals surface area contributed by atoms with Gasteiger partial charge in [0.05, 0.1) is 16.5 Å². The van der Waals surface area contributed by atoms with Crippen LogP contribution in [0.15, 0.2) is 87.3 Å². The van der Waals surface area contributed by atoms with Gasteiger partial charge >= 0.3 is 0 Å². The number of aliphatic hydroxyl groups excluding tert-OH is 1. The largest absolute Gasteiger partial charge is 0.507 e. The molecule has 1 fully saturated rings. The van der Waals surface area contributed by atoms with Gasteiger partial charge in [0.2, 0.25) is 0 Å². The van der Waals surface area contributed by atoms with Gasteiger partial charge in [-0.05, 0) is 54.1 Å². The highest BCUT2D eigenvalue weighted by atomic mass is 79.9. The number of nitrogens with zero attached hydrogens (tertiary/aromatic N) is 2. The third kappa shape index (κ3) is 3.96. The Morgan fingerprint density at radius 1 is 0.875 bits per heavy atom. The summed E-state index contributed by atoms with van der Waals surface area (Å²) < 4.78 is 1.63. The standard InChI is InChI=1S/C23H14Br2N2O5/c24-15-5-1-13(2-6-15)20-19(21(28)14-3-9-18(10-4-14)27(31)32)22(29)23(30)26(20)17-11-7-16(25)8-12-17/h1-12,20,28H/b21-19+/t20-/m0/s1. The Hall–Kier alpha value is -3.30. The van der Waals surface area contributed by atoms with Gasteiger partial charge in [0.1, 0.15) is 5.76 Å². The number of benzene rings is 3. The molecule has 0 aliphatic carbocycles. The van der Waals surface area contributed by atoms with Crippen LogP contribution in [0, 0.1) is 10.1 Å². The average Bonchev–Trinajstić information content (AvgIpc) is 3.05. The maximum atomic E-state index is 13.1. The van der Waals surface area contributed by atoms with E-state index in [2.05, 4.69) is 31.9 Å². The number of non-ortho nitro benzene ring substituents is 1. The summed E-state index contributed by atoms with van der Waals surface area (Å²) in [6.07, 6.45) is 0. The van der Waals surface area contributed by atoms with Gasteiger partial charge in [-0.3, -0.25) is 24.6 Å². The molecule has 0 bridgehead atoms. The molecule has 1 saturated heterocycles. The Balaban J connectivity index is 1.90. The summed E-state index contributed by atoms with van der Waals surface area (Å²) in [5.41, 5.74) is 1.08. The van der Waals surface area contributed by atoms with E-state index < -0.39 is 28.4 Å². The SMILES string of the molecule is O=C1C(=O)N(c2ccc(Br)cc2)[C@@H](c2ccc(Br)cc2)/C1=C(\O)c1ccc([N+](=O)[O-])cc1. The lowest BCUT2D eigenvalue weighted by atomic mass is 9.95. The first-order valence-corrected chi connectivity index (χ1v) is 10.9. The number of carbonyl (C=O) groups is 2.